The number of aliphatic hydroxyl groups is 1. The van der Waals surface area contributed by atoms with E-state index in [-0.39, 0.29) is 6.10 Å². The Morgan fingerprint density at radius 2 is 1.94 bits per heavy atom. The van der Waals surface area contributed by atoms with Crippen molar-refractivity contribution in [3.8, 4) is 0 Å². The third-order valence-corrected chi connectivity index (χ3v) is 3.75. The highest BCUT2D eigenvalue weighted by Gasteiger charge is 2.20. The maximum absolute atomic E-state index is 10.1. The molecule has 0 spiro atoms. The molecule has 0 bridgehead atoms. The molecule has 0 amide bonds. The third-order valence-electron chi connectivity index (χ3n) is 3.28. The first kappa shape index (κ1) is 13.5. The summed E-state index contributed by atoms with van der Waals surface area (Å²) in [5.41, 5.74) is 1.89. The monoisotopic (exact) mass is 244 g/mol. The van der Waals surface area contributed by atoms with E-state index in [1.54, 1.807) is 4.68 Å². The van der Waals surface area contributed by atoms with Crippen molar-refractivity contribution >= 4 is 11.6 Å². The number of halogens is 1. The van der Waals surface area contributed by atoms with Gasteiger partial charge in [0.05, 0.1) is 11.8 Å². The maximum Gasteiger partial charge on any atom is 0.130 e. The standard InChI is InChI=1S/C12H21ClN2O/c1-5-9(6-2)11(16)7-10-8(3)14-15(4)12(10)13/h9,11,16H,5-7H2,1-4H3. The number of aromatic nitrogens is 2. The molecule has 0 fully saturated rings. The Kier molecular flexibility index (Phi) is 4.81. The zero-order valence-corrected chi connectivity index (χ0v) is 11.3. The summed E-state index contributed by atoms with van der Waals surface area (Å²) in [7, 11) is 1.82. The fraction of sp³-hybridized carbons (Fsp3) is 0.750. The first-order chi connectivity index (χ1) is 7.51. The van der Waals surface area contributed by atoms with E-state index >= 15 is 0 Å². The quantitative estimate of drug-likeness (QED) is 0.865. The highest BCUT2D eigenvalue weighted by Crippen LogP contribution is 2.24. The largest absolute Gasteiger partial charge is 0.392 e. The molecule has 0 radical (unpaired) electrons. The van der Waals surface area contributed by atoms with Gasteiger partial charge in [0.15, 0.2) is 0 Å². The number of rotatable bonds is 5. The fourth-order valence-corrected chi connectivity index (χ4v) is 2.37. The van der Waals surface area contributed by atoms with Crippen LogP contribution in [0.15, 0.2) is 0 Å². The van der Waals surface area contributed by atoms with Crippen LogP contribution in [0, 0.1) is 12.8 Å². The van der Waals surface area contributed by atoms with Crippen LogP contribution in [0.3, 0.4) is 0 Å². The molecule has 1 aromatic rings. The van der Waals surface area contributed by atoms with E-state index in [2.05, 4.69) is 18.9 Å². The normalized spacial score (nSPS) is 13.4. The van der Waals surface area contributed by atoms with Crippen LogP contribution in [0.2, 0.25) is 5.15 Å². The van der Waals surface area contributed by atoms with Crippen LogP contribution in [0.5, 0.6) is 0 Å². The second kappa shape index (κ2) is 5.69. The van der Waals surface area contributed by atoms with E-state index in [1.807, 2.05) is 14.0 Å². The highest BCUT2D eigenvalue weighted by atomic mass is 35.5. The molecular formula is C12H21ClN2O. The first-order valence-electron chi connectivity index (χ1n) is 5.87. The van der Waals surface area contributed by atoms with Crippen LogP contribution in [-0.2, 0) is 13.5 Å². The van der Waals surface area contributed by atoms with Crippen LogP contribution in [0.4, 0.5) is 0 Å². The van der Waals surface area contributed by atoms with Gasteiger partial charge in [-0.3, -0.25) is 4.68 Å². The van der Waals surface area contributed by atoms with Gasteiger partial charge in [0.2, 0.25) is 0 Å². The van der Waals surface area contributed by atoms with Crippen molar-refractivity contribution in [1.82, 2.24) is 9.78 Å². The SMILES string of the molecule is CCC(CC)C(O)Cc1c(C)nn(C)c1Cl. The molecule has 1 aromatic heterocycles. The van der Waals surface area contributed by atoms with Crippen LogP contribution in [0.1, 0.15) is 37.9 Å². The number of nitrogens with zero attached hydrogens (tertiary/aromatic N) is 2. The van der Waals surface area contributed by atoms with Gasteiger partial charge in [-0.25, -0.2) is 0 Å². The summed E-state index contributed by atoms with van der Waals surface area (Å²) in [6.45, 7) is 6.14. The van der Waals surface area contributed by atoms with Gasteiger partial charge >= 0.3 is 0 Å². The average molecular weight is 245 g/mol. The van der Waals surface area contributed by atoms with Gasteiger partial charge in [0.1, 0.15) is 5.15 Å². The van der Waals surface area contributed by atoms with Crippen molar-refractivity contribution < 1.29 is 5.11 Å². The Bertz CT molecular complexity index is 345. The lowest BCUT2D eigenvalue weighted by Crippen LogP contribution is -2.22. The maximum atomic E-state index is 10.1. The minimum absolute atomic E-state index is 0.324. The van der Waals surface area contributed by atoms with Gasteiger partial charge in [0, 0.05) is 19.0 Å². The van der Waals surface area contributed by atoms with Gasteiger partial charge < -0.3 is 5.11 Å². The van der Waals surface area contributed by atoms with E-state index in [0.29, 0.717) is 17.5 Å². The average Bonchev–Trinajstić information content (AvgIpc) is 2.47. The Balaban J connectivity index is 2.80. The third kappa shape index (κ3) is 2.77. The number of aryl methyl sites for hydroxylation is 2. The van der Waals surface area contributed by atoms with Crippen molar-refractivity contribution in [2.24, 2.45) is 13.0 Å². The summed E-state index contributed by atoms with van der Waals surface area (Å²) in [6.07, 6.45) is 2.27. The minimum atomic E-state index is -0.324. The first-order valence-corrected chi connectivity index (χ1v) is 6.25. The van der Waals surface area contributed by atoms with E-state index in [4.69, 9.17) is 11.6 Å². The molecule has 0 aromatic carbocycles. The van der Waals surface area contributed by atoms with Crippen molar-refractivity contribution in [2.75, 3.05) is 0 Å². The summed E-state index contributed by atoms with van der Waals surface area (Å²) < 4.78 is 1.66. The molecular weight excluding hydrogens is 224 g/mol. The summed E-state index contributed by atoms with van der Waals surface area (Å²) in [6, 6.07) is 0. The predicted molar refractivity (Wildman–Crippen MR) is 66.7 cm³/mol. The zero-order valence-electron chi connectivity index (χ0n) is 10.5. The highest BCUT2D eigenvalue weighted by molar-refractivity contribution is 6.30. The fourth-order valence-electron chi connectivity index (χ4n) is 2.11. The van der Waals surface area contributed by atoms with Gasteiger partial charge in [-0.2, -0.15) is 5.10 Å². The lowest BCUT2D eigenvalue weighted by atomic mass is 9.92. The van der Waals surface area contributed by atoms with Crippen molar-refractivity contribution in [3.05, 3.63) is 16.4 Å². The van der Waals surface area contributed by atoms with Crippen LogP contribution >= 0.6 is 11.6 Å². The molecule has 1 N–H and O–H groups in total. The van der Waals surface area contributed by atoms with Gasteiger partial charge in [-0.1, -0.05) is 38.3 Å². The number of hydrogen-bond donors (Lipinski definition) is 1. The lowest BCUT2D eigenvalue weighted by Gasteiger charge is -2.19. The second-order valence-electron chi connectivity index (χ2n) is 4.33. The smallest absolute Gasteiger partial charge is 0.130 e. The molecule has 1 unspecified atom stereocenters. The molecule has 92 valence electrons. The molecule has 0 aliphatic heterocycles. The van der Waals surface area contributed by atoms with Crippen LogP contribution in [-0.4, -0.2) is 21.0 Å². The molecule has 1 rings (SSSR count). The van der Waals surface area contributed by atoms with Crippen LogP contribution < -0.4 is 0 Å². The molecule has 3 nitrogen and oxygen atoms in total. The predicted octanol–water partition coefficient (Wildman–Crippen LogP) is 2.72. The summed E-state index contributed by atoms with van der Waals surface area (Å²) in [5.74, 6) is 0.343. The van der Waals surface area contributed by atoms with E-state index in [9.17, 15) is 5.11 Å². The Hall–Kier alpha value is -0.540. The Morgan fingerprint density at radius 3 is 2.31 bits per heavy atom. The summed E-state index contributed by atoms with van der Waals surface area (Å²) in [4.78, 5) is 0. The zero-order chi connectivity index (χ0) is 12.3. The molecule has 0 saturated heterocycles. The second-order valence-corrected chi connectivity index (χ2v) is 4.68. The topological polar surface area (TPSA) is 38.1 Å². The Morgan fingerprint density at radius 1 is 1.38 bits per heavy atom. The molecule has 4 heteroatoms. The van der Waals surface area contributed by atoms with Crippen molar-refractivity contribution in [2.45, 2.75) is 46.1 Å². The molecule has 1 heterocycles. The molecule has 0 aliphatic rings. The van der Waals surface area contributed by atoms with E-state index < -0.39 is 0 Å². The van der Waals surface area contributed by atoms with E-state index in [0.717, 1.165) is 24.1 Å². The summed E-state index contributed by atoms with van der Waals surface area (Å²) >= 11 is 6.14. The number of hydrogen-bond acceptors (Lipinski definition) is 2. The van der Waals surface area contributed by atoms with E-state index in [1.165, 1.54) is 0 Å². The van der Waals surface area contributed by atoms with Gasteiger partial charge in [-0.05, 0) is 12.8 Å². The molecule has 1 atom stereocenters. The van der Waals surface area contributed by atoms with Crippen molar-refractivity contribution in [1.29, 1.82) is 0 Å². The van der Waals surface area contributed by atoms with Crippen molar-refractivity contribution in [3.63, 3.8) is 0 Å². The van der Waals surface area contributed by atoms with Crippen LogP contribution in [0.25, 0.3) is 0 Å². The summed E-state index contributed by atoms with van der Waals surface area (Å²) in [5, 5.41) is 15.0. The molecule has 0 aliphatic carbocycles. The molecule has 0 saturated carbocycles. The van der Waals surface area contributed by atoms with Gasteiger partial charge in [0.25, 0.3) is 0 Å². The Labute approximate surface area is 102 Å². The molecule has 16 heavy (non-hydrogen) atoms. The van der Waals surface area contributed by atoms with Gasteiger partial charge in [-0.15, -0.1) is 0 Å². The lowest BCUT2D eigenvalue weighted by molar-refractivity contribution is 0.103. The number of aliphatic hydroxyl groups excluding tert-OH is 1. The minimum Gasteiger partial charge on any atom is -0.392 e.